The van der Waals surface area contributed by atoms with Gasteiger partial charge in [-0.2, -0.15) is 0 Å². The monoisotopic (exact) mass is 306 g/mol. The smallest absolute Gasteiger partial charge is 0.306 e. The summed E-state index contributed by atoms with van der Waals surface area (Å²) >= 11 is 0. The van der Waals surface area contributed by atoms with Crippen molar-refractivity contribution < 1.29 is 9.53 Å². The third kappa shape index (κ3) is 3.48. The number of aromatic nitrogens is 3. The number of methoxy groups -OCH3 is 1. The fourth-order valence-electron chi connectivity index (χ4n) is 3.63. The van der Waals surface area contributed by atoms with Crippen LogP contribution in [0.3, 0.4) is 0 Å². The second kappa shape index (κ2) is 7.22. The first-order chi connectivity index (χ1) is 10.8. The fourth-order valence-corrected chi connectivity index (χ4v) is 3.63. The molecule has 1 aromatic heterocycles. The molecule has 3 rings (SSSR count). The van der Waals surface area contributed by atoms with Gasteiger partial charge in [0.05, 0.1) is 13.5 Å². The zero-order valence-corrected chi connectivity index (χ0v) is 13.5. The lowest BCUT2D eigenvalue weighted by atomic mass is 9.97. The molecule has 0 aromatic carbocycles. The fraction of sp³-hybridized carbons (Fsp3) is 0.812. The predicted octanol–water partition coefficient (Wildman–Crippen LogP) is 1.75. The number of nitrogens with zero attached hydrogens (tertiary/aromatic N) is 4. The number of aryl methyl sites for hydroxylation is 1. The van der Waals surface area contributed by atoms with Gasteiger partial charge >= 0.3 is 5.97 Å². The normalized spacial score (nSPS) is 22.9. The average Bonchev–Trinajstić information content (AvgIpc) is 2.81. The number of fused-ring (bicyclic) bond motifs is 1. The van der Waals surface area contributed by atoms with Crippen LogP contribution in [0, 0.1) is 0 Å². The lowest BCUT2D eigenvalue weighted by Crippen LogP contribution is -2.36. The molecular formula is C16H26N4O2. The molecule has 2 aliphatic heterocycles. The summed E-state index contributed by atoms with van der Waals surface area (Å²) in [5.41, 5.74) is 0. The van der Waals surface area contributed by atoms with E-state index in [2.05, 4.69) is 19.7 Å². The van der Waals surface area contributed by atoms with Crippen LogP contribution in [0.5, 0.6) is 0 Å². The van der Waals surface area contributed by atoms with Gasteiger partial charge in [0.15, 0.2) is 0 Å². The van der Waals surface area contributed by atoms with E-state index >= 15 is 0 Å². The number of carbonyl (C=O) groups excluding carboxylic acids is 1. The maximum absolute atomic E-state index is 11.3. The van der Waals surface area contributed by atoms with E-state index in [0.29, 0.717) is 12.3 Å². The summed E-state index contributed by atoms with van der Waals surface area (Å²) in [4.78, 5) is 13.7. The molecule has 2 aliphatic rings. The van der Waals surface area contributed by atoms with Crippen molar-refractivity contribution in [2.24, 2.45) is 0 Å². The van der Waals surface area contributed by atoms with Crippen LogP contribution < -0.4 is 0 Å². The Morgan fingerprint density at radius 2 is 2.14 bits per heavy atom. The van der Waals surface area contributed by atoms with Gasteiger partial charge in [-0.3, -0.25) is 4.79 Å². The zero-order valence-electron chi connectivity index (χ0n) is 13.5. The Balaban J connectivity index is 1.64. The van der Waals surface area contributed by atoms with Gasteiger partial charge in [0.25, 0.3) is 0 Å². The molecule has 1 aromatic rings. The Morgan fingerprint density at radius 3 is 3.00 bits per heavy atom. The van der Waals surface area contributed by atoms with E-state index in [1.54, 1.807) is 0 Å². The Bertz CT molecular complexity index is 514. The summed E-state index contributed by atoms with van der Waals surface area (Å²) in [6.45, 7) is 3.89. The van der Waals surface area contributed by atoms with Crippen molar-refractivity contribution >= 4 is 5.97 Å². The third-order valence-corrected chi connectivity index (χ3v) is 4.87. The third-order valence-electron chi connectivity index (χ3n) is 4.87. The van der Waals surface area contributed by atoms with Gasteiger partial charge < -0.3 is 14.2 Å². The molecular weight excluding hydrogens is 280 g/mol. The largest absolute Gasteiger partial charge is 0.469 e. The molecule has 0 N–H and O–H groups in total. The molecule has 22 heavy (non-hydrogen) atoms. The van der Waals surface area contributed by atoms with Crippen molar-refractivity contribution in [1.82, 2.24) is 19.7 Å². The SMILES string of the molecule is COC(=O)CCN1CCC[C@@H](c2nnc3n2CCCCC3)C1. The summed E-state index contributed by atoms with van der Waals surface area (Å²) in [7, 11) is 1.45. The highest BCUT2D eigenvalue weighted by Crippen LogP contribution is 2.28. The maximum atomic E-state index is 11.3. The molecule has 0 unspecified atom stereocenters. The molecule has 1 atom stereocenters. The number of likely N-dealkylation sites (tertiary alicyclic amines) is 1. The maximum Gasteiger partial charge on any atom is 0.306 e. The minimum atomic E-state index is -0.126. The van der Waals surface area contributed by atoms with Gasteiger partial charge in [0.1, 0.15) is 11.6 Å². The Kier molecular flexibility index (Phi) is 5.08. The minimum Gasteiger partial charge on any atom is -0.469 e. The van der Waals surface area contributed by atoms with Crippen molar-refractivity contribution in [1.29, 1.82) is 0 Å². The van der Waals surface area contributed by atoms with Crippen LogP contribution in [0.4, 0.5) is 0 Å². The van der Waals surface area contributed by atoms with Crippen LogP contribution in [0.1, 0.15) is 56.1 Å². The molecule has 0 bridgehead atoms. The number of piperidine rings is 1. The molecule has 0 radical (unpaired) electrons. The Morgan fingerprint density at radius 1 is 1.23 bits per heavy atom. The molecule has 0 saturated carbocycles. The summed E-state index contributed by atoms with van der Waals surface area (Å²) in [6.07, 6.45) is 7.62. The van der Waals surface area contributed by atoms with Crippen LogP contribution in [-0.2, 0) is 22.5 Å². The van der Waals surface area contributed by atoms with Crippen molar-refractivity contribution in [3.63, 3.8) is 0 Å². The highest BCUT2D eigenvalue weighted by atomic mass is 16.5. The van der Waals surface area contributed by atoms with E-state index < -0.39 is 0 Å². The summed E-state index contributed by atoms with van der Waals surface area (Å²) in [5, 5.41) is 8.93. The minimum absolute atomic E-state index is 0.126. The average molecular weight is 306 g/mol. The number of ether oxygens (including phenoxy) is 1. The standard InChI is InChI=1S/C16H26N4O2/c1-22-15(21)8-11-19-9-5-6-13(12-19)16-18-17-14-7-3-2-4-10-20(14)16/h13H,2-12H2,1H3/t13-/m1/s1. The van der Waals surface area contributed by atoms with E-state index in [4.69, 9.17) is 4.74 Å². The van der Waals surface area contributed by atoms with E-state index in [-0.39, 0.29) is 5.97 Å². The van der Waals surface area contributed by atoms with Crippen LogP contribution in [0.15, 0.2) is 0 Å². The molecule has 1 fully saturated rings. The molecule has 0 spiro atoms. The quantitative estimate of drug-likeness (QED) is 0.793. The summed E-state index contributed by atoms with van der Waals surface area (Å²) < 4.78 is 7.10. The van der Waals surface area contributed by atoms with Crippen molar-refractivity contribution in [3.05, 3.63) is 11.6 Å². The van der Waals surface area contributed by atoms with E-state index in [1.807, 2.05) is 0 Å². The number of carbonyl (C=O) groups is 1. The van der Waals surface area contributed by atoms with Crippen LogP contribution in [-0.4, -0.2) is 52.4 Å². The molecule has 0 aliphatic carbocycles. The molecule has 3 heterocycles. The first-order valence-electron chi connectivity index (χ1n) is 8.49. The second-order valence-electron chi connectivity index (χ2n) is 6.40. The van der Waals surface area contributed by atoms with Crippen LogP contribution in [0.2, 0.25) is 0 Å². The zero-order chi connectivity index (χ0) is 15.4. The van der Waals surface area contributed by atoms with Gasteiger partial charge in [-0.1, -0.05) is 6.42 Å². The van der Waals surface area contributed by atoms with Gasteiger partial charge in [0, 0.05) is 32.0 Å². The predicted molar refractivity (Wildman–Crippen MR) is 82.6 cm³/mol. The number of hydrogen-bond donors (Lipinski definition) is 0. The molecule has 6 heteroatoms. The molecule has 122 valence electrons. The Labute approximate surface area is 131 Å². The summed E-state index contributed by atoms with van der Waals surface area (Å²) in [6, 6.07) is 0. The number of hydrogen-bond acceptors (Lipinski definition) is 5. The van der Waals surface area contributed by atoms with Crippen LogP contribution in [0.25, 0.3) is 0 Å². The Hall–Kier alpha value is -1.43. The molecule has 6 nitrogen and oxygen atoms in total. The summed E-state index contributed by atoms with van der Waals surface area (Å²) in [5.74, 6) is 2.66. The van der Waals surface area contributed by atoms with Crippen molar-refractivity contribution in [2.45, 2.75) is 57.4 Å². The van der Waals surface area contributed by atoms with Gasteiger partial charge in [-0.15, -0.1) is 10.2 Å². The van der Waals surface area contributed by atoms with Gasteiger partial charge in [-0.05, 0) is 32.2 Å². The molecule has 0 amide bonds. The van der Waals surface area contributed by atoms with Gasteiger partial charge in [-0.25, -0.2) is 0 Å². The van der Waals surface area contributed by atoms with Crippen molar-refractivity contribution in [2.75, 3.05) is 26.7 Å². The lowest BCUT2D eigenvalue weighted by Gasteiger charge is -2.32. The first-order valence-corrected chi connectivity index (χ1v) is 8.49. The topological polar surface area (TPSA) is 60.2 Å². The number of esters is 1. The van der Waals surface area contributed by atoms with E-state index in [9.17, 15) is 4.79 Å². The first kappa shape index (κ1) is 15.5. The van der Waals surface area contributed by atoms with Crippen molar-refractivity contribution in [3.8, 4) is 0 Å². The lowest BCUT2D eigenvalue weighted by molar-refractivity contribution is -0.141. The van der Waals surface area contributed by atoms with E-state index in [1.165, 1.54) is 44.4 Å². The van der Waals surface area contributed by atoms with Crippen LogP contribution >= 0.6 is 0 Å². The van der Waals surface area contributed by atoms with Gasteiger partial charge in [0.2, 0.25) is 0 Å². The number of rotatable bonds is 4. The highest BCUT2D eigenvalue weighted by molar-refractivity contribution is 5.69. The molecule has 1 saturated heterocycles. The highest BCUT2D eigenvalue weighted by Gasteiger charge is 2.27. The second-order valence-corrected chi connectivity index (χ2v) is 6.40. The van der Waals surface area contributed by atoms with E-state index in [0.717, 1.165) is 39.0 Å².